The lowest BCUT2D eigenvalue weighted by Crippen LogP contribution is -2.55. The maximum Gasteiger partial charge on any atom is 0.273 e. The molecule has 2 fully saturated rings. The minimum Gasteiger partial charge on any atom is -0.381 e. The Hall–Kier alpha value is -2.58. The molecule has 3 unspecified atom stereocenters. The quantitative estimate of drug-likeness (QED) is 0.746. The summed E-state index contributed by atoms with van der Waals surface area (Å²) in [5.41, 5.74) is 6.74. The van der Waals surface area contributed by atoms with Crippen LogP contribution in [0.15, 0.2) is 30.5 Å². The molecule has 3 aliphatic rings. The molecule has 8 heteroatoms. The molecule has 1 amide bonds. The van der Waals surface area contributed by atoms with E-state index in [1.807, 2.05) is 4.68 Å². The fraction of sp³-hybridized carbons (Fsp3) is 0.583. The van der Waals surface area contributed by atoms with Gasteiger partial charge in [0.1, 0.15) is 17.7 Å². The number of amides is 1. The van der Waals surface area contributed by atoms with E-state index in [1.165, 1.54) is 11.3 Å². The third kappa shape index (κ3) is 4.09. The number of ether oxygens (including phenoxy) is 1. The van der Waals surface area contributed by atoms with E-state index in [0.717, 1.165) is 51.5 Å². The van der Waals surface area contributed by atoms with E-state index in [2.05, 4.69) is 70.8 Å². The maximum absolute atomic E-state index is 12.9. The summed E-state index contributed by atoms with van der Waals surface area (Å²) in [6.07, 6.45) is 3.50. The van der Waals surface area contributed by atoms with Crippen molar-refractivity contribution < 1.29 is 9.53 Å². The summed E-state index contributed by atoms with van der Waals surface area (Å²) in [6.45, 7) is 6.71. The Labute approximate surface area is 189 Å². The van der Waals surface area contributed by atoms with E-state index in [4.69, 9.17) is 4.74 Å². The summed E-state index contributed by atoms with van der Waals surface area (Å²) in [7, 11) is 4.12. The monoisotopic (exact) mass is 438 g/mol. The van der Waals surface area contributed by atoms with Crippen LogP contribution in [-0.2, 0) is 11.3 Å². The molecule has 32 heavy (non-hydrogen) atoms. The molecule has 3 aliphatic heterocycles. The van der Waals surface area contributed by atoms with Crippen molar-refractivity contribution in [3.63, 3.8) is 0 Å². The molecule has 2 aromatic rings. The normalized spacial score (nSPS) is 26.5. The Kier molecular flexibility index (Phi) is 5.82. The van der Waals surface area contributed by atoms with Gasteiger partial charge in [-0.05, 0) is 36.5 Å². The summed E-state index contributed by atoms with van der Waals surface area (Å²) in [6, 6.07) is 8.78. The zero-order valence-corrected chi connectivity index (χ0v) is 19.3. The predicted molar refractivity (Wildman–Crippen MR) is 124 cm³/mol. The van der Waals surface area contributed by atoms with Crippen LogP contribution in [0, 0.1) is 11.8 Å². The van der Waals surface area contributed by atoms with Crippen LogP contribution < -0.4 is 15.6 Å². The van der Waals surface area contributed by atoms with Gasteiger partial charge in [-0.15, -0.1) is 0 Å². The standard InChI is InChI=1S/C24H34N6O2/c1-16-13-29(14-17-4-6-19(7-5-17)28(2)3)15-20(16)22-26-24(31)21-12-25-23(30(21)27-22)18-8-10-32-11-9-18/h4-7,12,16,18,20,22,27H,8-11,13-15H2,1-3H3,(H,26,31). The van der Waals surface area contributed by atoms with Gasteiger partial charge in [-0.25, -0.2) is 9.66 Å². The first kappa shape index (κ1) is 21.3. The Bertz CT molecular complexity index is 950. The molecule has 1 aromatic heterocycles. The number of carbonyl (C=O) groups is 1. The first-order valence-electron chi connectivity index (χ1n) is 11.7. The Morgan fingerprint density at radius 1 is 1.16 bits per heavy atom. The lowest BCUT2D eigenvalue weighted by atomic mass is 9.94. The van der Waals surface area contributed by atoms with Crippen molar-refractivity contribution in [3.8, 4) is 0 Å². The minimum absolute atomic E-state index is 0.0375. The maximum atomic E-state index is 12.9. The van der Waals surface area contributed by atoms with Gasteiger partial charge < -0.3 is 20.4 Å². The van der Waals surface area contributed by atoms with Gasteiger partial charge in [-0.2, -0.15) is 0 Å². The number of fused-ring (bicyclic) bond motifs is 1. The number of nitrogens with one attached hydrogen (secondary N) is 2. The van der Waals surface area contributed by atoms with Crippen molar-refractivity contribution in [2.24, 2.45) is 11.8 Å². The number of rotatable bonds is 5. The van der Waals surface area contributed by atoms with Gasteiger partial charge in [0, 0.05) is 64.5 Å². The molecule has 8 nitrogen and oxygen atoms in total. The molecule has 3 atom stereocenters. The van der Waals surface area contributed by atoms with Crippen LogP contribution in [-0.4, -0.2) is 67.0 Å². The molecular formula is C24H34N6O2. The Morgan fingerprint density at radius 2 is 1.91 bits per heavy atom. The van der Waals surface area contributed by atoms with E-state index in [9.17, 15) is 4.79 Å². The third-order valence-electron chi connectivity index (χ3n) is 7.20. The highest BCUT2D eigenvalue weighted by molar-refractivity contribution is 5.93. The van der Waals surface area contributed by atoms with E-state index >= 15 is 0 Å². The van der Waals surface area contributed by atoms with Gasteiger partial charge in [0.2, 0.25) is 0 Å². The number of likely N-dealkylation sites (tertiary alicyclic amines) is 1. The van der Waals surface area contributed by atoms with E-state index in [-0.39, 0.29) is 12.1 Å². The van der Waals surface area contributed by atoms with Gasteiger partial charge in [0.15, 0.2) is 0 Å². The molecule has 0 saturated carbocycles. The largest absolute Gasteiger partial charge is 0.381 e. The van der Waals surface area contributed by atoms with Gasteiger partial charge in [-0.1, -0.05) is 19.1 Å². The zero-order chi connectivity index (χ0) is 22.2. The fourth-order valence-electron chi connectivity index (χ4n) is 5.31. The number of hydrogen-bond acceptors (Lipinski definition) is 6. The second kappa shape index (κ2) is 8.75. The van der Waals surface area contributed by atoms with Crippen LogP contribution >= 0.6 is 0 Å². The van der Waals surface area contributed by atoms with Gasteiger partial charge in [0.05, 0.1) is 6.20 Å². The van der Waals surface area contributed by atoms with Crippen molar-refractivity contribution in [2.45, 2.75) is 38.4 Å². The molecule has 2 N–H and O–H groups in total. The van der Waals surface area contributed by atoms with Crippen LogP contribution in [0.4, 0.5) is 5.69 Å². The molecule has 1 aromatic carbocycles. The number of benzene rings is 1. The van der Waals surface area contributed by atoms with E-state index in [0.29, 0.717) is 23.4 Å². The summed E-state index contributed by atoms with van der Waals surface area (Å²) in [4.78, 5) is 22.1. The Balaban J connectivity index is 1.27. The highest BCUT2D eigenvalue weighted by Gasteiger charge is 2.40. The van der Waals surface area contributed by atoms with E-state index in [1.54, 1.807) is 6.20 Å². The van der Waals surface area contributed by atoms with Gasteiger partial charge >= 0.3 is 0 Å². The highest BCUT2D eigenvalue weighted by atomic mass is 16.5. The second-order valence-electron chi connectivity index (χ2n) is 9.70. The molecule has 5 rings (SSSR count). The average Bonchev–Trinajstić information content (AvgIpc) is 3.38. The molecule has 4 heterocycles. The average molecular weight is 439 g/mol. The van der Waals surface area contributed by atoms with Gasteiger partial charge in [0.25, 0.3) is 5.91 Å². The number of nitrogens with zero attached hydrogens (tertiary/aromatic N) is 4. The molecular weight excluding hydrogens is 404 g/mol. The van der Waals surface area contributed by atoms with Crippen molar-refractivity contribution >= 4 is 11.6 Å². The first-order chi connectivity index (χ1) is 15.5. The SMILES string of the molecule is CC1CN(Cc2ccc(N(C)C)cc2)CC1C1NC(=O)c2cnc(C3CCOCC3)n2N1. The van der Waals surface area contributed by atoms with Gasteiger partial charge in [-0.3, -0.25) is 9.69 Å². The number of carbonyl (C=O) groups excluding carboxylic acids is 1. The summed E-state index contributed by atoms with van der Waals surface area (Å²) in [5.74, 6) is 2.07. The van der Waals surface area contributed by atoms with Crippen molar-refractivity contribution in [3.05, 3.63) is 47.5 Å². The van der Waals surface area contributed by atoms with Crippen molar-refractivity contribution in [2.75, 3.05) is 50.7 Å². The van der Waals surface area contributed by atoms with E-state index < -0.39 is 0 Å². The number of anilines is 1. The molecule has 0 aliphatic carbocycles. The van der Waals surface area contributed by atoms with Crippen LogP contribution in [0.25, 0.3) is 0 Å². The van der Waals surface area contributed by atoms with Crippen LogP contribution in [0.5, 0.6) is 0 Å². The van der Waals surface area contributed by atoms with Crippen LogP contribution in [0.1, 0.15) is 47.6 Å². The smallest absolute Gasteiger partial charge is 0.273 e. The lowest BCUT2D eigenvalue weighted by molar-refractivity contribution is 0.0818. The first-order valence-corrected chi connectivity index (χ1v) is 11.7. The summed E-state index contributed by atoms with van der Waals surface area (Å²) >= 11 is 0. The van der Waals surface area contributed by atoms with Crippen molar-refractivity contribution in [1.29, 1.82) is 0 Å². The highest BCUT2D eigenvalue weighted by Crippen LogP contribution is 2.31. The number of aromatic nitrogens is 2. The summed E-state index contributed by atoms with van der Waals surface area (Å²) in [5, 5.41) is 3.20. The predicted octanol–water partition coefficient (Wildman–Crippen LogP) is 2.22. The Morgan fingerprint density at radius 3 is 2.62 bits per heavy atom. The summed E-state index contributed by atoms with van der Waals surface area (Å²) < 4.78 is 7.47. The topological polar surface area (TPSA) is 74.7 Å². The third-order valence-corrected chi connectivity index (χ3v) is 7.20. The molecule has 0 spiro atoms. The van der Waals surface area contributed by atoms with Crippen molar-refractivity contribution in [1.82, 2.24) is 19.9 Å². The number of hydrogen-bond donors (Lipinski definition) is 2. The molecule has 0 radical (unpaired) electrons. The zero-order valence-electron chi connectivity index (χ0n) is 19.3. The second-order valence-corrected chi connectivity index (χ2v) is 9.70. The minimum atomic E-state index is -0.0982. The molecule has 172 valence electrons. The fourth-order valence-corrected chi connectivity index (χ4v) is 5.31. The molecule has 0 bridgehead atoms. The van der Waals surface area contributed by atoms with Crippen LogP contribution in [0.3, 0.4) is 0 Å². The van der Waals surface area contributed by atoms with Crippen LogP contribution in [0.2, 0.25) is 0 Å². The lowest BCUT2D eigenvalue weighted by Gasteiger charge is -2.35. The molecule has 2 saturated heterocycles. The number of imidazole rings is 1.